The molecule has 2 rings (SSSR count). The third-order valence-corrected chi connectivity index (χ3v) is 4.44. The van der Waals surface area contributed by atoms with Crippen LogP contribution < -0.4 is 21.8 Å². The van der Waals surface area contributed by atoms with E-state index in [2.05, 4.69) is 26.1 Å². The number of nitrogens with zero attached hydrogens (tertiary/aromatic N) is 2. The van der Waals surface area contributed by atoms with Crippen LogP contribution in [0.2, 0.25) is 0 Å². The van der Waals surface area contributed by atoms with Gasteiger partial charge >= 0.3 is 0 Å². The molecule has 1 amide bonds. The SMILES string of the molecule is NCCNCCNC(=O)c1ccc(NN=Cc2ccccc2S(=O)(=O)O)nc1. The van der Waals surface area contributed by atoms with E-state index >= 15 is 0 Å². The van der Waals surface area contributed by atoms with Crippen molar-refractivity contribution in [2.45, 2.75) is 4.90 Å². The van der Waals surface area contributed by atoms with Crippen molar-refractivity contribution in [1.82, 2.24) is 15.6 Å². The number of hydrazone groups is 1. The number of carbonyl (C=O) groups is 1. The zero-order valence-corrected chi connectivity index (χ0v) is 15.8. The van der Waals surface area contributed by atoms with Crippen molar-refractivity contribution in [3.63, 3.8) is 0 Å². The van der Waals surface area contributed by atoms with Crippen molar-refractivity contribution in [3.8, 4) is 0 Å². The van der Waals surface area contributed by atoms with E-state index in [9.17, 15) is 17.8 Å². The molecule has 0 atom stereocenters. The summed E-state index contributed by atoms with van der Waals surface area (Å²) in [7, 11) is -4.35. The Hall–Kier alpha value is -2.86. The molecule has 0 fully saturated rings. The maximum absolute atomic E-state index is 12.0. The Balaban J connectivity index is 1.91. The largest absolute Gasteiger partial charge is 0.351 e. The average Bonchev–Trinajstić information content (AvgIpc) is 2.68. The number of aromatic nitrogens is 1. The van der Waals surface area contributed by atoms with Gasteiger partial charge in [-0.15, -0.1) is 0 Å². The Kier molecular flexibility index (Phi) is 8.02. The summed E-state index contributed by atoms with van der Waals surface area (Å²) in [5.74, 6) is 0.112. The zero-order valence-electron chi connectivity index (χ0n) is 15.0. The van der Waals surface area contributed by atoms with E-state index in [-0.39, 0.29) is 16.4 Å². The van der Waals surface area contributed by atoms with Crippen LogP contribution in [-0.2, 0) is 10.1 Å². The van der Waals surface area contributed by atoms with Gasteiger partial charge in [-0.2, -0.15) is 13.5 Å². The highest BCUT2D eigenvalue weighted by atomic mass is 32.2. The smallest absolute Gasteiger partial charge is 0.295 e. The number of anilines is 1. The van der Waals surface area contributed by atoms with Crippen LogP contribution in [0.25, 0.3) is 0 Å². The molecule has 1 aromatic heterocycles. The van der Waals surface area contributed by atoms with Crippen LogP contribution >= 0.6 is 0 Å². The molecule has 10 nitrogen and oxygen atoms in total. The van der Waals surface area contributed by atoms with Crippen LogP contribution in [0, 0.1) is 0 Å². The van der Waals surface area contributed by atoms with Crippen LogP contribution in [0.3, 0.4) is 0 Å². The predicted octanol–water partition coefficient (Wildman–Crippen LogP) is 0.0524. The van der Waals surface area contributed by atoms with Gasteiger partial charge in [-0.1, -0.05) is 18.2 Å². The molecule has 0 unspecified atom stereocenters. The summed E-state index contributed by atoms with van der Waals surface area (Å²) in [6.45, 7) is 2.31. The van der Waals surface area contributed by atoms with Gasteiger partial charge < -0.3 is 16.4 Å². The molecule has 0 aliphatic rings. The second kappa shape index (κ2) is 10.5. The monoisotopic (exact) mass is 406 g/mol. The first-order chi connectivity index (χ1) is 13.4. The highest BCUT2D eigenvalue weighted by molar-refractivity contribution is 7.86. The van der Waals surface area contributed by atoms with Gasteiger partial charge in [0.2, 0.25) is 0 Å². The normalized spacial score (nSPS) is 11.5. The van der Waals surface area contributed by atoms with Crippen molar-refractivity contribution < 1.29 is 17.8 Å². The van der Waals surface area contributed by atoms with Gasteiger partial charge in [-0.3, -0.25) is 14.8 Å². The molecule has 11 heteroatoms. The van der Waals surface area contributed by atoms with E-state index in [1.54, 1.807) is 18.2 Å². The first-order valence-corrected chi connectivity index (χ1v) is 9.86. The molecule has 0 saturated carbocycles. The summed E-state index contributed by atoms with van der Waals surface area (Å²) in [5.41, 5.74) is 8.60. The van der Waals surface area contributed by atoms with Crippen molar-refractivity contribution in [2.75, 3.05) is 31.6 Å². The Bertz CT molecular complexity index is 915. The molecule has 0 aliphatic carbocycles. The lowest BCUT2D eigenvalue weighted by Crippen LogP contribution is -2.33. The maximum Gasteiger partial charge on any atom is 0.295 e. The van der Waals surface area contributed by atoms with Gasteiger partial charge in [0.15, 0.2) is 0 Å². The summed E-state index contributed by atoms with van der Waals surface area (Å²) in [6.07, 6.45) is 2.65. The third-order valence-electron chi connectivity index (χ3n) is 3.51. The minimum absolute atomic E-state index is 0.219. The first-order valence-electron chi connectivity index (χ1n) is 8.42. The molecule has 0 bridgehead atoms. The van der Waals surface area contributed by atoms with E-state index in [1.807, 2.05) is 0 Å². The lowest BCUT2D eigenvalue weighted by molar-refractivity contribution is 0.0953. The molecule has 6 N–H and O–H groups in total. The van der Waals surface area contributed by atoms with Crippen LogP contribution in [0.5, 0.6) is 0 Å². The highest BCUT2D eigenvalue weighted by Gasteiger charge is 2.13. The summed E-state index contributed by atoms with van der Waals surface area (Å²) in [5, 5.41) is 9.72. The number of hydrogen-bond donors (Lipinski definition) is 5. The number of pyridine rings is 1. The molecule has 0 aliphatic heterocycles. The Labute approximate surface area is 163 Å². The summed E-state index contributed by atoms with van der Waals surface area (Å²) in [4.78, 5) is 15.8. The lowest BCUT2D eigenvalue weighted by atomic mass is 10.2. The fourth-order valence-electron chi connectivity index (χ4n) is 2.18. The minimum Gasteiger partial charge on any atom is -0.351 e. The van der Waals surface area contributed by atoms with Gasteiger partial charge in [0.1, 0.15) is 10.7 Å². The van der Waals surface area contributed by atoms with Crippen LogP contribution in [-0.4, -0.2) is 56.3 Å². The van der Waals surface area contributed by atoms with E-state index in [0.717, 1.165) is 0 Å². The maximum atomic E-state index is 12.0. The molecular weight excluding hydrogens is 384 g/mol. The Morgan fingerprint density at radius 1 is 1.18 bits per heavy atom. The van der Waals surface area contributed by atoms with Crippen molar-refractivity contribution in [2.24, 2.45) is 10.8 Å². The molecule has 0 radical (unpaired) electrons. The average molecular weight is 406 g/mol. The number of rotatable bonds is 10. The summed E-state index contributed by atoms with van der Waals surface area (Å²) in [6, 6.07) is 9.03. The van der Waals surface area contributed by atoms with Gasteiger partial charge in [-0.05, 0) is 18.2 Å². The molecule has 1 aromatic carbocycles. The van der Waals surface area contributed by atoms with E-state index in [1.165, 1.54) is 30.6 Å². The third kappa shape index (κ3) is 6.70. The minimum atomic E-state index is -4.35. The van der Waals surface area contributed by atoms with Crippen LogP contribution in [0.1, 0.15) is 15.9 Å². The zero-order chi connectivity index (χ0) is 20.4. The number of nitrogens with two attached hydrogens (primary N) is 1. The molecule has 1 heterocycles. The van der Waals surface area contributed by atoms with Crippen molar-refractivity contribution in [1.29, 1.82) is 0 Å². The lowest BCUT2D eigenvalue weighted by Gasteiger charge is -2.06. The molecule has 0 saturated heterocycles. The Morgan fingerprint density at radius 3 is 2.64 bits per heavy atom. The molecule has 150 valence electrons. The predicted molar refractivity (Wildman–Crippen MR) is 106 cm³/mol. The number of benzene rings is 1. The van der Waals surface area contributed by atoms with Crippen LogP contribution in [0.4, 0.5) is 5.82 Å². The second-order valence-corrected chi connectivity index (χ2v) is 7.00. The van der Waals surface area contributed by atoms with Gasteiger partial charge in [-0.25, -0.2) is 4.98 Å². The summed E-state index contributed by atoms with van der Waals surface area (Å²) >= 11 is 0. The molecule has 2 aromatic rings. The van der Waals surface area contributed by atoms with E-state index < -0.39 is 10.1 Å². The van der Waals surface area contributed by atoms with Gasteiger partial charge in [0.05, 0.1) is 11.8 Å². The quantitative estimate of drug-likeness (QED) is 0.160. The number of amides is 1. The molecular formula is C17H22N6O4S. The number of nitrogens with one attached hydrogen (secondary N) is 3. The second-order valence-electron chi connectivity index (χ2n) is 5.61. The van der Waals surface area contributed by atoms with E-state index in [0.29, 0.717) is 37.6 Å². The van der Waals surface area contributed by atoms with Crippen molar-refractivity contribution in [3.05, 3.63) is 53.7 Å². The van der Waals surface area contributed by atoms with Crippen LogP contribution in [0.15, 0.2) is 52.6 Å². The topological polar surface area (TPSA) is 159 Å². The van der Waals surface area contributed by atoms with E-state index in [4.69, 9.17) is 5.73 Å². The highest BCUT2D eigenvalue weighted by Crippen LogP contribution is 2.13. The van der Waals surface area contributed by atoms with Gasteiger partial charge in [0, 0.05) is 37.9 Å². The fourth-order valence-corrected chi connectivity index (χ4v) is 2.85. The Morgan fingerprint density at radius 2 is 1.96 bits per heavy atom. The number of carbonyl (C=O) groups excluding carboxylic acids is 1. The summed E-state index contributed by atoms with van der Waals surface area (Å²) < 4.78 is 31.9. The number of hydrogen-bond acceptors (Lipinski definition) is 8. The standard InChI is InChI=1S/C17H22N6O4S/c18-7-8-19-9-10-20-17(24)14-5-6-16(21-11-14)23-22-12-13-3-1-2-4-15(13)28(25,26)27/h1-6,11-12,19H,7-10,18H2,(H,20,24)(H,21,23)(H,25,26,27). The van der Waals surface area contributed by atoms with Crippen molar-refractivity contribution >= 4 is 28.1 Å². The molecule has 28 heavy (non-hydrogen) atoms. The first kappa shape index (κ1) is 21.4. The van der Waals surface area contributed by atoms with Gasteiger partial charge in [0.25, 0.3) is 16.0 Å². The molecule has 0 spiro atoms. The fraction of sp³-hybridized carbons (Fsp3) is 0.235.